The standard InChI is InChI=1S/C28H35FN4O2/c1-4-30-28(35)33(17-22(2)3)21-27(34)32(19-23-9-6-5-7-10-23)20-26-11-8-16-31(26)18-24-12-14-25(29)15-13-24/h5-16,22H,4,17-21H2,1-3H3,(H,30,35). The number of carbonyl (C=O) groups is 2. The topological polar surface area (TPSA) is 57.6 Å². The van der Waals surface area contributed by atoms with Crippen LogP contribution in [0.15, 0.2) is 72.9 Å². The summed E-state index contributed by atoms with van der Waals surface area (Å²) in [6.45, 7) is 8.35. The molecular formula is C28H35FN4O2. The third kappa shape index (κ3) is 7.98. The highest BCUT2D eigenvalue weighted by atomic mass is 19.1. The molecule has 6 nitrogen and oxygen atoms in total. The maximum atomic E-state index is 13.5. The van der Waals surface area contributed by atoms with Gasteiger partial charge in [0, 0.05) is 38.1 Å². The Morgan fingerprint density at radius 1 is 0.914 bits per heavy atom. The molecule has 0 atom stereocenters. The van der Waals surface area contributed by atoms with Crippen LogP contribution in [0.1, 0.15) is 37.6 Å². The summed E-state index contributed by atoms with van der Waals surface area (Å²) in [6.07, 6.45) is 1.96. The fourth-order valence-electron chi connectivity index (χ4n) is 3.95. The van der Waals surface area contributed by atoms with Crippen LogP contribution >= 0.6 is 0 Å². The van der Waals surface area contributed by atoms with Crippen molar-refractivity contribution in [2.75, 3.05) is 19.6 Å². The number of halogens is 1. The number of amides is 3. The number of rotatable bonds is 11. The predicted octanol–water partition coefficient (Wildman–Crippen LogP) is 4.89. The molecule has 0 fully saturated rings. The third-order valence-corrected chi connectivity index (χ3v) is 5.64. The van der Waals surface area contributed by atoms with E-state index < -0.39 is 0 Å². The molecule has 2 aromatic carbocycles. The third-order valence-electron chi connectivity index (χ3n) is 5.64. The summed E-state index contributed by atoms with van der Waals surface area (Å²) in [5.41, 5.74) is 2.96. The van der Waals surface area contributed by atoms with E-state index in [0.29, 0.717) is 32.7 Å². The van der Waals surface area contributed by atoms with Gasteiger partial charge in [-0.3, -0.25) is 4.79 Å². The minimum atomic E-state index is -0.265. The van der Waals surface area contributed by atoms with E-state index in [1.165, 1.54) is 12.1 Å². The van der Waals surface area contributed by atoms with Crippen LogP contribution in [0.5, 0.6) is 0 Å². The minimum absolute atomic E-state index is 0.00944. The first-order valence-electron chi connectivity index (χ1n) is 12.1. The Labute approximate surface area is 207 Å². The molecule has 186 valence electrons. The zero-order chi connectivity index (χ0) is 25.2. The van der Waals surface area contributed by atoms with Crippen molar-refractivity contribution < 1.29 is 14.0 Å². The summed E-state index contributed by atoms with van der Waals surface area (Å²) in [4.78, 5) is 29.5. The molecule has 0 saturated carbocycles. The SMILES string of the molecule is CCNC(=O)N(CC(=O)N(Cc1ccccc1)Cc1cccn1Cc1ccc(F)cc1)CC(C)C. The van der Waals surface area contributed by atoms with E-state index in [2.05, 4.69) is 9.88 Å². The summed E-state index contributed by atoms with van der Waals surface area (Å²) in [5.74, 6) is -0.143. The van der Waals surface area contributed by atoms with Gasteiger partial charge in [0.15, 0.2) is 0 Å². The summed E-state index contributed by atoms with van der Waals surface area (Å²) >= 11 is 0. The summed E-state index contributed by atoms with van der Waals surface area (Å²) < 4.78 is 15.4. The number of hydrogen-bond acceptors (Lipinski definition) is 2. The van der Waals surface area contributed by atoms with Crippen LogP contribution in [-0.2, 0) is 24.4 Å². The fraction of sp³-hybridized carbons (Fsp3) is 0.357. The highest BCUT2D eigenvalue weighted by molar-refractivity contribution is 5.84. The molecule has 0 aliphatic heterocycles. The van der Waals surface area contributed by atoms with Gasteiger partial charge in [-0.2, -0.15) is 0 Å². The summed E-state index contributed by atoms with van der Waals surface area (Å²) in [5, 5.41) is 2.82. The van der Waals surface area contributed by atoms with Gasteiger partial charge in [0.25, 0.3) is 0 Å². The molecule has 0 saturated heterocycles. The van der Waals surface area contributed by atoms with Crippen molar-refractivity contribution in [1.82, 2.24) is 19.7 Å². The van der Waals surface area contributed by atoms with Crippen LogP contribution in [0.25, 0.3) is 0 Å². The number of benzene rings is 2. The number of aromatic nitrogens is 1. The minimum Gasteiger partial charge on any atom is -0.345 e. The highest BCUT2D eigenvalue weighted by Gasteiger charge is 2.23. The molecule has 0 unspecified atom stereocenters. The predicted molar refractivity (Wildman–Crippen MR) is 136 cm³/mol. The molecule has 0 spiro atoms. The van der Waals surface area contributed by atoms with Crippen LogP contribution in [0.2, 0.25) is 0 Å². The van der Waals surface area contributed by atoms with E-state index in [1.807, 2.05) is 69.4 Å². The number of carbonyl (C=O) groups excluding carboxylic acids is 2. The molecular weight excluding hydrogens is 443 g/mol. The Morgan fingerprint density at radius 3 is 2.29 bits per heavy atom. The first kappa shape index (κ1) is 26.0. The Bertz CT molecular complexity index is 1080. The molecule has 3 rings (SSSR count). The Morgan fingerprint density at radius 2 is 1.63 bits per heavy atom. The quantitative estimate of drug-likeness (QED) is 0.427. The van der Waals surface area contributed by atoms with Crippen LogP contribution < -0.4 is 5.32 Å². The molecule has 0 aliphatic carbocycles. The molecule has 35 heavy (non-hydrogen) atoms. The monoisotopic (exact) mass is 478 g/mol. The molecule has 3 amide bonds. The van der Waals surface area contributed by atoms with Crippen LogP contribution in [0.3, 0.4) is 0 Å². The van der Waals surface area contributed by atoms with E-state index in [4.69, 9.17) is 0 Å². The van der Waals surface area contributed by atoms with Gasteiger partial charge in [0.1, 0.15) is 12.4 Å². The molecule has 3 aromatic rings. The van der Waals surface area contributed by atoms with E-state index in [9.17, 15) is 14.0 Å². The lowest BCUT2D eigenvalue weighted by molar-refractivity contribution is -0.133. The Kier molecular flexibility index (Phi) is 9.47. The van der Waals surface area contributed by atoms with E-state index in [1.54, 1.807) is 21.9 Å². The molecule has 0 aliphatic rings. The van der Waals surface area contributed by atoms with E-state index in [-0.39, 0.29) is 30.2 Å². The second-order valence-electron chi connectivity index (χ2n) is 9.10. The first-order chi connectivity index (χ1) is 16.9. The zero-order valence-corrected chi connectivity index (χ0v) is 20.8. The lowest BCUT2D eigenvalue weighted by Gasteiger charge is -2.29. The van der Waals surface area contributed by atoms with Crippen LogP contribution in [0, 0.1) is 11.7 Å². The van der Waals surface area contributed by atoms with Gasteiger partial charge in [0.05, 0.1) is 6.54 Å². The maximum absolute atomic E-state index is 13.5. The van der Waals surface area contributed by atoms with Crippen molar-refractivity contribution in [2.45, 2.75) is 40.4 Å². The normalized spacial score (nSPS) is 10.9. The first-order valence-corrected chi connectivity index (χ1v) is 12.1. The Hall–Kier alpha value is -3.61. The maximum Gasteiger partial charge on any atom is 0.317 e. The van der Waals surface area contributed by atoms with Gasteiger partial charge < -0.3 is 19.7 Å². The lowest BCUT2D eigenvalue weighted by Crippen LogP contribution is -2.47. The fourth-order valence-corrected chi connectivity index (χ4v) is 3.95. The van der Waals surface area contributed by atoms with Gasteiger partial charge in [-0.25, -0.2) is 9.18 Å². The van der Waals surface area contributed by atoms with Crippen LogP contribution in [-0.4, -0.2) is 45.9 Å². The van der Waals surface area contributed by atoms with Crippen molar-refractivity contribution in [3.05, 3.63) is 95.6 Å². The Balaban J connectivity index is 1.81. The molecule has 1 heterocycles. The smallest absolute Gasteiger partial charge is 0.317 e. The number of nitrogens with zero attached hydrogens (tertiary/aromatic N) is 3. The van der Waals surface area contributed by atoms with Crippen molar-refractivity contribution in [3.8, 4) is 0 Å². The summed E-state index contributed by atoms with van der Waals surface area (Å²) in [7, 11) is 0. The van der Waals surface area contributed by atoms with Crippen molar-refractivity contribution in [3.63, 3.8) is 0 Å². The highest BCUT2D eigenvalue weighted by Crippen LogP contribution is 2.15. The zero-order valence-electron chi connectivity index (χ0n) is 20.8. The van der Waals surface area contributed by atoms with E-state index >= 15 is 0 Å². The average molecular weight is 479 g/mol. The van der Waals surface area contributed by atoms with Crippen molar-refractivity contribution >= 4 is 11.9 Å². The van der Waals surface area contributed by atoms with Crippen LogP contribution in [0.4, 0.5) is 9.18 Å². The van der Waals surface area contributed by atoms with E-state index in [0.717, 1.165) is 16.8 Å². The molecule has 7 heteroatoms. The number of urea groups is 1. The number of hydrogen-bond donors (Lipinski definition) is 1. The average Bonchev–Trinajstić information content (AvgIpc) is 3.26. The second kappa shape index (κ2) is 12.7. The molecule has 0 radical (unpaired) electrons. The van der Waals surface area contributed by atoms with Gasteiger partial charge in [-0.05, 0) is 48.2 Å². The lowest BCUT2D eigenvalue weighted by atomic mass is 10.2. The molecule has 0 bridgehead atoms. The summed E-state index contributed by atoms with van der Waals surface area (Å²) in [6, 6.07) is 20.0. The molecule has 1 aromatic heterocycles. The number of nitrogens with one attached hydrogen (secondary N) is 1. The van der Waals surface area contributed by atoms with Gasteiger partial charge >= 0.3 is 6.03 Å². The van der Waals surface area contributed by atoms with Crippen molar-refractivity contribution in [1.29, 1.82) is 0 Å². The van der Waals surface area contributed by atoms with Crippen molar-refractivity contribution in [2.24, 2.45) is 5.92 Å². The van der Waals surface area contributed by atoms with Gasteiger partial charge in [-0.15, -0.1) is 0 Å². The van der Waals surface area contributed by atoms with Gasteiger partial charge in [0.2, 0.25) is 5.91 Å². The second-order valence-corrected chi connectivity index (χ2v) is 9.10. The molecule has 1 N–H and O–H groups in total. The van der Waals surface area contributed by atoms with Gasteiger partial charge in [-0.1, -0.05) is 56.3 Å². The largest absolute Gasteiger partial charge is 0.345 e.